The van der Waals surface area contributed by atoms with E-state index in [1.807, 2.05) is 26.4 Å². The van der Waals surface area contributed by atoms with Gasteiger partial charge in [-0.2, -0.15) is 0 Å². The van der Waals surface area contributed by atoms with Crippen molar-refractivity contribution < 1.29 is 4.79 Å². The number of carbonyl (C=O) groups is 1. The van der Waals surface area contributed by atoms with Crippen LogP contribution in [-0.2, 0) is 6.54 Å². The summed E-state index contributed by atoms with van der Waals surface area (Å²) in [4.78, 5) is 22.5. The average molecular weight is 416 g/mol. The van der Waals surface area contributed by atoms with E-state index in [1.165, 1.54) is 26.6 Å². The van der Waals surface area contributed by atoms with E-state index in [-0.39, 0.29) is 5.91 Å². The van der Waals surface area contributed by atoms with Crippen LogP contribution in [0.4, 0.5) is 0 Å². The summed E-state index contributed by atoms with van der Waals surface area (Å²) in [6.07, 6.45) is 2.99. The maximum atomic E-state index is 12.9. The first-order chi connectivity index (χ1) is 14.6. The molecule has 1 aliphatic heterocycles. The summed E-state index contributed by atoms with van der Waals surface area (Å²) in [6.45, 7) is 2.94. The number of nitrogens with zero attached hydrogens (tertiary/aromatic N) is 3. The van der Waals surface area contributed by atoms with Crippen molar-refractivity contribution in [3.8, 4) is 0 Å². The van der Waals surface area contributed by atoms with Gasteiger partial charge in [0.1, 0.15) is 0 Å². The number of para-hydroxylation sites is 1. The molecule has 0 bridgehead atoms. The molecule has 2 aromatic carbocycles. The third-order valence-corrected chi connectivity index (χ3v) is 7.22. The van der Waals surface area contributed by atoms with Crippen LogP contribution in [-0.4, -0.2) is 47.9 Å². The second kappa shape index (κ2) is 7.82. The van der Waals surface area contributed by atoms with Crippen LogP contribution < -0.4 is 0 Å². The Morgan fingerprint density at radius 2 is 1.87 bits per heavy atom. The summed E-state index contributed by atoms with van der Waals surface area (Å²) < 4.78 is 1.20. The zero-order valence-corrected chi connectivity index (χ0v) is 18.2. The van der Waals surface area contributed by atoms with Crippen molar-refractivity contribution in [2.75, 3.05) is 27.2 Å². The number of pyridine rings is 1. The minimum absolute atomic E-state index is 0.116. The normalized spacial score (nSPS) is 17.1. The van der Waals surface area contributed by atoms with Crippen LogP contribution in [0.15, 0.2) is 60.8 Å². The first-order valence-corrected chi connectivity index (χ1v) is 11.2. The van der Waals surface area contributed by atoms with Gasteiger partial charge in [-0.15, -0.1) is 11.3 Å². The summed E-state index contributed by atoms with van der Waals surface area (Å²) in [5.74, 6) is 0.498. The van der Waals surface area contributed by atoms with E-state index in [9.17, 15) is 4.79 Å². The van der Waals surface area contributed by atoms with Crippen molar-refractivity contribution in [3.05, 3.63) is 76.8 Å². The molecule has 0 N–H and O–H groups in total. The molecule has 1 fully saturated rings. The standard InChI is InChI=1S/C25H25N3OS/c1-27(2)25(29)24-23(20-8-4-6-10-22(20)30-24)18-12-14-28(16-18)15-17-11-13-26-21-9-5-3-7-19(17)21/h3-11,13,18H,12,14-16H2,1-2H3/t18-/m0/s1. The molecule has 2 aromatic heterocycles. The molecule has 152 valence electrons. The van der Waals surface area contributed by atoms with E-state index < -0.39 is 0 Å². The zero-order chi connectivity index (χ0) is 20.7. The quantitative estimate of drug-likeness (QED) is 0.463. The molecule has 5 rings (SSSR count). The van der Waals surface area contributed by atoms with Crippen LogP contribution in [0.3, 0.4) is 0 Å². The number of aromatic nitrogens is 1. The smallest absolute Gasteiger partial charge is 0.263 e. The molecule has 0 spiro atoms. The summed E-state index contributed by atoms with van der Waals surface area (Å²) in [7, 11) is 3.68. The van der Waals surface area contributed by atoms with Gasteiger partial charge in [0, 0.05) is 49.4 Å². The van der Waals surface area contributed by atoms with Crippen LogP contribution >= 0.6 is 11.3 Å². The van der Waals surface area contributed by atoms with E-state index >= 15 is 0 Å². The molecule has 3 heterocycles. The van der Waals surface area contributed by atoms with Crippen LogP contribution in [0.25, 0.3) is 21.0 Å². The lowest BCUT2D eigenvalue weighted by Crippen LogP contribution is -2.23. The lowest BCUT2D eigenvalue weighted by atomic mass is 9.95. The molecule has 1 saturated heterocycles. The molecule has 0 radical (unpaired) electrons. The Bertz CT molecular complexity index is 1220. The molecular weight excluding hydrogens is 390 g/mol. The number of amides is 1. The van der Waals surface area contributed by atoms with E-state index in [0.717, 1.165) is 36.4 Å². The fourth-order valence-corrected chi connectivity index (χ4v) is 5.89. The fourth-order valence-electron chi connectivity index (χ4n) is 4.58. The average Bonchev–Trinajstić information content (AvgIpc) is 3.37. The maximum absolute atomic E-state index is 12.9. The SMILES string of the molecule is CN(C)C(=O)c1sc2ccccc2c1[C@H]1CCN(Cc2ccnc3ccccc23)C1. The van der Waals surface area contributed by atoms with E-state index in [0.29, 0.717) is 5.92 Å². The van der Waals surface area contributed by atoms with Crippen LogP contribution in [0, 0.1) is 0 Å². The highest BCUT2D eigenvalue weighted by Gasteiger charge is 2.31. The zero-order valence-electron chi connectivity index (χ0n) is 17.3. The van der Waals surface area contributed by atoms with Crippen molar-refractivity contribution in [1.29, 1.82) is 0 Å². The number of hydrogen-bond acceptors (Lipinski definition) is 4. The first-order valence-electron chi connectivity index (χ1n) is 10.4. The number of benzene rings is 2. The second-order valence-corrected chi connectivity index (χ2v) is 9.30. The summed E-state index contributed by atoms with van der Waals surface area (Å²) in [6, 6.07) is 18.9. The molecule has 4 nitrogen and oxygen atoms in total. The summed E-state index contributed by atoms with van der Waals surface area (Å²) in [5.41, 5.74) is 3.62. The Morgan fingerprint density at radius 3 is 2.70 bits per heavy atom. The number of likely N-dealkylation sites (tertiary alicyclic amines) is 1. The lowest BCUT2D eigenvalue weighted by Gasteiger charge is -2.18. The third kappa shape index (κ3) is 3.38. The third-order valence-electron chi connectivity index (χ3n) is 6.05. The monoisotopic (exact) mass is 415 g/mol. The summed E-state index contributed by atoms with van der Waals surface area (Å²) in [5, 5.41) is 2.47. The van der Waals surface area contributed by atoms with Gasteiger partial charge < -0.3 is 4.90 Å². The fraction of sp³-hybridized carbons (Fsp3) is 0.280. The number of hydrogen-bond donors (Lipinski definition) is 0. The highest BCUT2D eigenvalue weighted by Crippen LogP contribution is 2.41. The van der Waals surface area contributed by atoms with Gasteiger partial charge in [-0.1, -0.05) is 36.4 Å². The van der Waals surface area contributed by atoms with Gasteiger partial charge in [0.05, 0.1) is 10.4 Å². The Hall–Kier alpha value is -2.76. The first kappa shape index (κ1) is 19.2. The Morgan fingerprint density at radius 1 is 1.10 bits per heavy atom. The maximum Gasteiger partial charge on any atom is 0.263 e. The highest BCUT2D eigenvalue weighted by atomic mass is 32.1. The topological polar surface area (TPSA) is 36.4 Å². The number of thiophene rings is 1. The number of carbonyl (C=O) groups excluding carboxylic acids is 1. The minimum Gasteiger partial charge on any atom is -0.344 e. The molecule has 0 aliphatic carbocycles. The van der Waals surface area contributed by atoms with Crippen molar-refractivity contribution in [1.82, 2.24) is 14.8 Å². The van der Waals surface area contributed by atoms with Crippen molar-refractivity contribution in [2.45, 2.75) is 18.9 Å². The van der Waals surface area contributed by atoms with Gasteiger partial charge in [-0.3, -0.25) is 14.7 Å². The Labute approximate surface area is 180 Å². The Kier molecular flexibility index (Phi) is 5.01. The Balaban J connectivity index is 1.45. The molecule has 30 heavy (non-hydrogen) atoms. The molecule has 0 saturated carbocycles. The minimum atomic E-state index is 0.116. The molecule has 0 unspecified atom stereocenters. The predicted octanol–water partition coefficient (Wildman–Crippen LogP) is 5.14. The number of rotatable bonds is 4. The molecule has 5 heteroatoms. The molecule has 1 atom stereocenters. The lowest BCUT2D eigenvalue weighted by molar-refractivity contribution is 0.0831. The van der Waals surface area contributed by atoms with Gasteiger partial charge in [-0.25, -0.2) is 0 Å². The van der Waals surface area contributed by atoms with E-state index in [4.69, 9.17) is 0 Å². The van der Waals surface area contributed by atoms with Crippen molar-refractivity contribution in [2.24, 2.45) is 0 Å². The van der Waals surface area contributed by atoms with Crippen LogP contribution in [0.1, 0.15) is 33.1 Å². The van der Waals surface area contributed by atoms with Gasteiger partial charge in [0.15, 0.2) is 0 Å². The van der Waals surface area contributed by atoms with Gasteiger partial charge in [0.2, 0.25) is 0 Å². The van der Waals surface area contributed by atoms with E-state index in [2.05, 4.69) is 58.4 Å². The summed E-state index contributed by atoms with van der Waals surface area (Å²) >= 11 is 1.64. The van der Waals surface area contributed by atoms with Crippen molar-refractivity contribution in [3.63, 3.8) is 0 Å². The van der Waals surface area contributed by atoms with Gasteiger partial charge >= 0.3 is 0 Å². The van der Waals surface area contributed by atoms with Gasteiger partial charge in [0.25, 0.3) is 5.91 Å². The molecule has 1 aliphatic rings. The van der Waals surface area contributed by atoms with Crippen LogP contribution in [0.2, 0.25) is 0 Å². The van der Waals surface area contributed by atoms with Crippen molar-refractivity contribution >= 4 is 38.2 Å². The number of fused-ring (bicyclic) bond motifs is 2. The van der Waals surface area contributed by atoms with Gasteiger partial charge in [-0.05, 0) is 47.7 Å². The highest BCUT2D eigenvalue weighted by molar-refractivity contribution is 7.21. The largest absolute Gasteiger partial charge is 0.344 e. The van der Waals surface area contributed by atoms with E-state index in [1.54, 1.807) is 16.2 Å². The molecular formula is C25H25N3OS. The molecule has 4 aromatic rings. The predicted molar refractivity (Wildman–Crippen MR) is 124 cm³/mol. The van der Waals surface area contributed by atoms with Crippen LogP contribution in [0.5, 0.6) is 0 Å². The molecule has 1 amide bonds. The second-order valence-electron chi connectivity index (χ2n) is 8.25.